The van der Waals surface area contributed by atoms with Gasteiger partial charge in [0.05, 0.1) is 5.54 Å². The first kappa shape index (κ1) is 11.9. The molecule has 0 aliphatic carbocycles. The molecule has 4 heteroatoms. The number of nitrogens with zero attached hydrogens (tertiary/aromatic N) is 1. The number of aliphatic hydroxyl groups excluding tert-OH is 1. The Kier molecular flexibility index (Phi) is 3.50. The van der Waals surface area contributed by atoms with Crippen molar-refractivity contribution in [2.24, 2.45) is 5.92 Å². The zero-order valence-electron chi connectivity index (χ0n) is 10.0. The normalized spacial score (nSPS) is 35.4. The van der Waals surface area contributed by atoms with Gasteiger partial charge in [-0.05, 0) is 45.1 Å². The quantitative estimate of drug-likeness (QED) is 0.715. The molecule has 2 heterocycles. The third-order valence-electron chi connectivity index (χ3n) is 3.91. The van der Waals surface area contributed by atoms with Gasteiger partial charge in [-0.3, -0.25) is 4.79 Å². The average molecular weight is 226 g/mol. The van der Waals surface area contributed by atoms with Crippen LogP contribution in [0.1, 0.15) is 32.6 Å². The Bertz CT molecular complexity index is 262. The van der Waals surface area contributed by atoms with Gasteiger partial charge in [0.1, 0.15) is 0 Å². The van der Waals surface area contributed by atoms with Crippen LogP contribution in [-0.4, -0.2) is 47.7 Å². The number of nitrogens with one attached hydrogen (secondary N) is 1. The van der Waals surface area contributed by atoms with E-state index in [1.54, 1.807) is 0 Å². The van der Waals surface area contributed by atoms with Crippen molar-refractivity contribution in [2.75, 3.05) is 26.2 Å². The molecule has 0 saturated carbocycles. The Hall–Kier alpha value is -0.610. The second-order valence-corrected chi connectivity index (χ2v) is 5.30. The van der Waals surface area contributed by atoms with Crippen LogP contribution in [0.25, 0.3) is 0 Å². The molecule has 1 amide bonds. The number of likely N-dealkylation sites (tertiary alicyclic amines) is 1. The smallest absolute Gasteiger partial charge is 0.242 e. The highest BCUT2D eigenvalue weighted by Gasteiger charge is 2.39. The van der Waals surface area contributed by atoms with E-state index in [1.165, 1.54) is 0 Å². The first-order valence-corrected chi connectivity index (χ1v) is 6.31. The maximum atomic E-state index is 12.4. The number of hydrogen-bond donors (Lipinski definition) is 2. The van der Waals surface area contributed by atoms with E-state index in [1.807, 2.05) is 11.8 Å². The summed E-state index contributed by atoms with van der Waals surface area (Å²) in [6.07, 6.45) is 4.09. The Morgan fingerprint density at radius 3 is 3.00 bits per heavy atom. The van der Waals surface area contributed by atoms with E-state index in [0.29, 0.717) is 0 Å². The molecule has 2 saturated heterocycles. The summed E-state index contributed by atoms with van der Waals surface area (Å²) < 4.78 is 0. The molecular weight excluding hydrogens is 204 g/mol. The maximum absolute atomic E-state index is 12.4. The van der Waals surface area contributed by atoms with Crippen molar-refractivity contribution in [3.8, 4) is 0 Å². The summed E-state index contributed by atoms with van der Waals surface area (Å²) in [7, 11) is 0. The lowest BCUT2D eigenvalue weighted by atomic mass is 9.94. The SMILES string of the molecule is CC1(C(=O)N2CCCC(CO)C2)CCCN1. The van der Waals surface area contributed by atoms with E-state index in [9.17, 15) is 4.79 Å². The molecule has 0 aromatic carbocycles. The van der Waals surface area contributed by atoms with Crippen molar-refractivity contribution < 1.29 is 9.90 Å². The number of rotatable bonds is 2. The highest BCUT2D eigenvalue weighted by atomic mass is 16.3. The molecule has 2 N–H and O–H groups in total. The summed E-state index contributed by atoms with van der Waals surface area (Å²) in [5.74, 6) is 0.505. The van der Waals surface area contributed by atoms with Crippen molar-refractivity contribution in [2.45, 2.75) is 38.1 Å². The third kappa shape index (κ3) is 2.23. The predicted molar refractivity (Wildman–Crippen MR) is 62.0 cm³/mol. The lowest BCUT2D eigenvalue weighted by Gasteiger charge is -2.37. The number of carbonyl (C=O) groups is 1. The zero-order chi connectivity index (χ0) is 11.6. The number of piperidine rings is 1. The van der Waals surface area contributed by atoms with Crippen molar-refractivity contribution in [1.29, 1.82) is 0 Å². The fraction of sp³-hybridized carbons (Fsp3) is 0.917. The monoisotopic (exact) mass is 226 g/mol. The first-order chi connectivity index (χ1) is 7.65. The molecule has 2 aliphatic heterocycles. The fourth-order valence-corrected chi connectivity index (χ4v) is 2.82. The van der Waals surface area contributed by atoms with Gasteiger partial charge < -0.3 is 15.3 Å². The number of carbonyl (C=O) groups excluding carboxylic acids is 1. The van der Waals surface area contributed by atoms with E-state index in [4.69, 9.17) is 5.11 Å². The van der Waals surface area contributed by atoms with Crippen molar-refractivity contribution >= 4 is 5.91 Å². The Morgan fingerprint density at radius 2 is 2.38 bits per heavy atom. The second kappa shape index (κ2) is 4.72. The van der Waals surface area contributed by atoms with Gasteiger partial charge in [0, 0.05) is 19.7 Å². The van der Waals surface area contributed by atoms with Crippen LogP contribution in [0.4, 0.5) is 0 Å². The van der Waals surface area contributed by atoms with E-state index < -0.39 is 0 Å². The summed E-state index contributed by atoms with van der Waals surface area (Å²) >= 11 is 0. The highest BCUT2D eigenvalue weighted by molar-refractivity contribution is 5.86. The van der Waals surface area contributed by atoms with Gasteiger partial charge in [-0.15, -0.1) is 0 Å². The molecule has 2 unspecified atom stereocenters. The van der Waals surface area contributed by atoms with Crippen LogP contribution in [0.5, 0.6) is 0 Å². The van der Waals surface area contributed by atoms with E-state index in [0.717, 1.165) is 45.3 Å². The lowest BCUT2D eigenvalue weighted by molar-refractivity contribution is -0.139. The van der Waals surface area contributed by atoms with Gasteiger partial charge in [-0.25, -0.2) is 0 Å². The minimum absolute atomic E-state index is 0.202. The van der Waals surface area contributed by atoms with E-state index in [-0.39, 0.29) is 24.0 Å². The summed E-state index contributed by atoms with van der Waals surface area (Å²) in [6.45, 7) is 4.73. The third-order valence-corrected chi connectivity index (χ3v) is 3.91. The molecule has 0 bridgehead atoms. The van der Waals surface area contributed by atoms with Crippen LogP contribution in [0, 0.1) is 5.92 Å². The summed E-state index contributed by atoms with van der Waals surface area (Å²) in [5, 5.41) is 12.5. The Balaban J connectivity index is 1.98. The average Bonchev–Trinajstić information content (AvgIpc) is 2.76. The standard InChI is InChI=1S/C12H22N2O2/c1-12(5-3-6-13-12)11(16)14-7-2-4-10(8-14)9-15/h10,13,15H,2-9H2,1H3. The molecule has 2 rings (SSSR count). The molecule has 2 atom stereocenters. The van der Waals surface area contributed by atoms with Crippen LogP contribution in [0.3, 0.4) is 0 Å². The molecule has 2 aliphatic rings. The minimum atomic E-state index is -0.350. The first-order valence-electron chi connectivity index (χ1n) is 6.31. The van der Waals surface area contributed by atoms with Gasteiger partial charge in [0.25, 0.3) is 0 Å². The van der Waals surface area contributed by atoms with Gasteiger partial charge >= 0.3 is 0 Å². The molecule has 92 valence electrons. The van der Waals surface area contributed by atoms with E-state index in [2.05, 4.69) is 5.32 Å². The molecule has 0 spiro atoms. The Labute approximate surface area is 97.0 Å². The lowest BCUT2D eigenvalue weighted by Crippen LogP contribution is -2.55. The summed E-state index contributed by atoms with van der Waals surface area (Å²) in [5.41, 5.74) is -0.350. The van der Waals surface area contributed by atoms with E-state index >= 15 is 0 Å². The van der Waals surface area contributed by atoms with Crippen LogP contribution < -0.4 is 5.32 Å². The van der Waals surface area contributed by atoms with Crippen LogP contribution in [0.15, 0.2) is 0 Å². The van der Waals surface area contributed by atoms with Crippen LogP contribution in [0.2, 0.25) is 0 Å². The van der Waals surface area contributed by atoms with Gasteiger partial charge in [-0.2, -0.15) is 0 Å². The molecular formula is C12H22N2O2. The molecule has 16 heavy (non-hydrogen) atoms. The topological polar surface area (TPSA) is 52.6 Å². The molecule has 0 aromatic heterocycles. The van der Waals surface area contributed by atoms with Gasteiger partial charge in [-0.1, -0.05) is 0 Å². The summed E-state index contributed by atoms with van der Waals surface area (Å²) in [4.78, 5) is 14.3. The van der Waals surface area contributed by atoms with Crippen molar-refractivity contribution in [3.63, 3.8) is 0 Å². The second-order valence-electron chi connectivity index (χ2n) is 5.30. The molecule has 4 nitrogen and oxygen atoms in total. The highest BCUT2D eigenvalue weighted by Crippen LogP contribution is 2.24. The largest absolute Gasteiger partial charge is 0.396 e. The van der Waals surface area contributed by atoms with Crippen LogP contribution >= 0.6 is 0 Å². The zero-order valence-corrected chi connectivity index (χ0v) is 10.0. The summed E-state index contributed by atoms with van der Waals surface area (Å²) in [6, 6.07) is 0. The number of amides is 1. The number of aliphatic hydroxyl groups is 1. The minimum Gasteiger partial charge on any atom is -0.396 e. The van der Waals surface area contributed by atoms with Crippen LogP contribution in [-0.2, 0) is 4.79 Å². The Morgan fingerprint density at radius 1 is 1.56 bits per heavy atom. The van der Waals surface area contributed by atoms with Crippen molar-refractivity contribution in [1.82, 2.24) is 10.2 Å². The van der Waals surface area contributed by atoms with Gasteiger partial charge in [0.15, 0.2) is 0 Å². The number of hydrogen-bond acceptors (Lipinski definition) is 3. The maximum Gasteiger partial charge on any atom is 0.242 e. The molecule has 0 aromatic rings. The predicted octanol–water partition coefficient (Wildman–Crippen LogP) is 0.359. The van der Waals surface area contributed by atoms with Gasteiger partial charge in [0.2, 0.25) is 5.91 Å². The molecule has 0 radical (unpaired) electrons. The van der Waals surface area contributed by atoms with Crippen molar-refractivity contribution in [3.05, 3.63) is 0 Å². The molecule has 2 fully saturated rings. The fourth-order valence-electron chi connectivity index (χ4n) is 2.82.